The van der Waals surface area contributed by atoms with Crippen molar-refractivity contribution in [2.24, 2.45) is 0 Å². The number of nitrogens with zero attached hydrogens (tertiary/aromatic N) is 2. The van der Waals surface area contributed by atoms with Crippen LogP contribution >= 0.6 is 11.3 Å². The van der Waals surface area contributed by atoms with Crippen LogP contribution in [0.25, 0.3) is 0 Å². The molecule has 0 amide bonds. The fraction of sp³-hybridized carbons (Fsp3) is 0. The lowest BCUT2D eigenvalue weighted by Gasteiger charge is -1.60. The zero-order chi connectivity index (χ0) is 4.41. The third-order valence-corrected chi connectivity index (χ3v) is 0.993. The maximum atomic E-state index is 8.38. The molecule has 3 heteroatoms. The van der Waals surface area contributed by atoms with Gasteiger partial charge in [0.2, 0.25) is 5.13 Å². The van der Waals surface area contributed by atoms with Crippen LogP contribution in [0.2, 0.25) is 0 Å². The minimum Gasteiger partial charge on any atom is -0.226 e. The van der Waals surface area contributed by atoms with Gasteiger partial charge in [0.15, 0.2) is 0 Å². The van der Waals surface area contributed by atoms with Crippen LogP contribution in [0.3, 0.4) is 0 Å². The Morgan fingerprint density at radius 1 is 1.83 bits per heavy atom. The summed E-state index contributed by atoms with van der Waals surface area (Å²) in [6.07, 6.45) is 1.56. The van der Waals surface area contributed by atoms with E-state index in [1.54, 1.807) is 11.6 Å². The first-order valence-electron chi connectivity index (χ1n) is 1.48. The van der Waals surface area contributed by atoms with Gasteiger partial charge in [0.1, 0.15) is 0 Å². The zero-order valence-corrected chi connectivity index (χ0v) is 3.77. The Balaban J connectivity index is 3.05. The number of hydrogen-bond donors (Lipinski definition) is 0. The van der Waals surface area contributed by atoms with E-state index in [4.69, 9.17) is 5.73 Å². The van der Waals surface area contributed by atoms with E-state index in [-0.39, 0.29) is 5.13 Å². The predicted octanol–water partition coefficient (Wildman–Crippen LogP) is 0.843. The second kappa shape index (κ2) is 1.26. The molecule has 0 N–H and O–H groups in total. The maximum absolute atomic E-state index is 8.38. The quantitative estimate of drug-likeness (QED) is 0.473. The highest BCUT2D eigenvalue weighted by atomic mass is 32.1. The molecule has 0 saturated heterocycles. The Hall–Kier alpha value is -0.570. The smallest absolute Gasteiger partial charge is 0.226 e. The molecule has 0 fully saturated rings. The summed E-state index contributed by atoms with van der Waals surface area (Å²) in [7, 11) is 0. The van der Waals surface area contributed by atoms with Crippen molar-refractivity contribution in [1.82, 2.24) is 10.7 Å². The molecule has 2 radical (unpaired) electrons. The molecular weight excluding hydrogens is 96.1 g/mol. The van der Waals surface area contributed by atoms with Gasteiger partial charge in [0, 0.05) is 11.6 Å². The molecule has 1 heterocycles. The van der Waals surface area contributed by atoms with Gasteiger partial charge in [-0.2, -0.15) is 0 Å². The van der Waals surface area contributed by atoms with E-state index in [0.29, 0.717) is 0 Å². The minimum atomic E-state index is 0.134. The molecule has 30 valence electrons. The lowest BCUT2D eigenvalue weighted by molar-refractivity contribution is 1.34. The molecule has 0 bridgehead atoms. The van der Waals surface area contributed by atoms with E-state index in [2.05, 4.69) is 4.98 Å². The van der Waals surface area contributed by atoms with Crippen molar-refractivity contribution in [3.63, 3.8) is 0 Å². The first kappa shape index (κ1) is 3.61. The summed E-state index contributed by atoms with van der Waals surface area (Å²) < 4.78 is 0. The van der Waals surface area contributed by atoms with Crippen LogP contribution in [-0.2, 0) is 0 Å². The van der Waals surface area contributed by atoms with Gasteiger partial charge in [-0.15, -0.1) is 17.1 Å². The Bertz CT molecular complexity index is 112. The van der Waals surface area contributed by atoms with E-state index < -0.39 is 0 Å². The standard InChI is InChI=1S/C3H2N2S/c4-3-5-1-2-6-3/h1-2H. The summed E-state index contributed by atoms with van der Waals surface area (Å²) in [6, 6.07) is 0. The average Bonchev–Trinajstić information content (AvgIpc) is 1.86. The van der Waals surface area contributed by atoms with E-state index >= 15 is 0 Å². The van der Waals surface area contributed by atoms with Gasteiger partial charge in [-0.3, -0.25) is 0 Å². The monoisotopic (exact) mass is 98.0 g/mol. The van der Waals surface area contributed by atoms with Crippen LogP contribution in [0.5, 0.6) is 0 Å². The molecule has 0 spiro atoms. The van der Waals surface area contributed by atoms with Crippen molar-refractivity contribution < 1.29 is 0 Å². The Morgan fingerprint density at radius 3 is 2.83 bits per heavy atom. The largest absolute Gasteiger partial charge is 0.229 e. The van der Waals surface area contributed by atoms with Crippen LogP contribution in [0, 0.1) is 0 Å². The highest BCUT2D eigenvalue weighted by Gasteiger charge is 1.80. The van der Waals surface area contributed by atoms with Gasteiger partial charge in [-0.05, 0) is 0 Å². The molecule has 0 atom stereocenters. The first-order valence-corrected chi connectivity index (χ1v) is 2.36. The lowest BCUT2D eigenvalue weighted by Crippen LogP contribution is -1.56. The summed E-state index contributed by atoms with van der Waals surface area (Å²) in [5.41, 5.74) is 8.38. The Morgan fingerprint density at radius 2 is 2.67 bits per heavy atom. The SMILES string of the molecule is [N]c1nccs1. The fourth-order valence-corrected chi connectivity index (χ4v) is 0.581. The summed E-state index contributed by atoms with van der Waals surface area (Å²) in [5.74, 6) is 0. The Labute approximate surface area is 39.6 Å². The highest BCUT2D eigenvalue weighted by Crippen LogP contribution is 2.04. The van der Waals surface area contributed by atoms with Gasteiger partial charge < -0.3 is 0 Å². The van der Waals surface area contributed by atoms with Gasteiger partial charge in [0.05, 0.1) is 0 Å². The summed E-state index contributed by atoms with van der Waals surface area (Å²) in [5, 5.41) is 1.85. The molecule has 0 saturated carbocycles. The molecule has 1 aromatic heterocycles. The van der Waals surface area contributed by atoms with Crippen LogP contribution in [0.15, 0.2) is 11.6 Å². The van der Waals surface area contributed by atoms with E-state index in [1.807, 2.05) is 0 Å². The summed E-state index contributed by atoms with van der Waals surface area (Å²) in [4.78, 5) is 3.49. The second-order valence-corrected chi connectivity index (χ2v) is 1.69. The fourth-order valence-electron chi connectivity index (χ4n) is 0.216. The molecule has 0 aliphatic rings. The van der Waals surface area contributed by atoms with E-state index in [9.17, 15) is 0 Å². The third-order valence-electron chi connectivity index (χ3n) is 0.419. The third kappa shape index (κ3) is 0.490. The Kier molecular flexibility index (Phi) is 0.759. The van der Waals surface area contributed by atoms with Crippen molar-refractivity contribution in [1.29, 1.82) is 0 Å². The molecule has 0 aromatic carbocycles. The van der Waals surface area contributed by atoms with Gasteiger partial charge >= 0.3 is 0 Å². The normalized spacial score (nSPS) is 8.67. The molecule has 1 rings (SSSR count). The molecule has 1 aromatic rings. The van der Waals surface area contributed by atoms with Crippen LogP contribution in [0.1, 0.15) is 0 Å². The molecule has 0 unspecified atom stereocenters. The molecule has 0 aliphatic carbocycles. The zero-order valence-electron chi connectivity index (χ0n) is 2.96. The van der Waals surface area contributed by atoms with Crippen LogP contribution < -0.4 is 5.73 Å². The lowest BCUT2D eigenvalue weighted by atomic mass is 11.0. The van der Waals surface area contributed by atoms with Crippen LogP contribution in [0.4, 0.5) is 5.13 Å². The topological polar surface area (TPSA) is 35.2 Å². The highest BCUT2D eigenvalue weighted by molar-refractivity contribution is 7.13. The second-order valence-electron chi connectivity index (χ2n) is 0.815. The van der Waals surface area contributed by atoms with E-state index in [1.165, 1.54) is 11.3 Å². The van der Waals surface area contributed by atoms with Crippen molar-refractivity contribution in [3.8, 4) is 0 Å². The summed E-state index contributed by atoms with van der Waals surface area (Å²) in [6.45, 7) is 0. The summed E-state index contributed by atoms with van der Waals surface area (Å²) >= 11 is 1.22. The van der Waals surface area contributed by atoms with E-state index in [0.717, 1.165) is 0 Å². The van der Waals surface area contributed by atoms with Crippen molar-refractivity contribution in [2.75, 3.05) is 0 Å². The van der Waals surface area contributed by atoms with Gasteiger partial charge in [-0.25, -0.2) is 4.98 Å². The van der Waals surface area contributed by atoms with Crippen molar-refractivity contribution in [3.05, 3.63) is 11.6 Å². The van der Waals surface area contributed by atoms with Crippen LogP contribution in [-0.4, -0.2) is 4.98 Å². The van der Waals surface area contributed by atoms with Gasteiger partial charge in [0.25, 0.3) is 0 Å². The maximum Gasteiger partial charge on any atom is 0.229 e. The molecule has 0 aliphatic heterocycles. The molecule has 6 heavy (non-hydrogen) atoms. The van der Waals surface area contributed by atoms with Crippen molar-refractivity contribution in [2.45, 2.75) is 0 Å². The predicted molar refractivity (Wildman–Crippen MR) is 23.9 cm³/mol. The van der Waals surface area contributed by atoms with Gasteiger partial charge in [-0.1, -0.05) is 0 Å². The number of thiazole rings is 1. The van der Waals surface area contributed by atoms with Crippen molar-refractivity contribution >= 4 is 16.5 Å². The number of hydrogen-bond acceptors (Lipinski definition) is 2. The minimum absolute atomic E-state index is 0.134. The number of aromatic nitrogens is 1. The average molecular weight is 98.1 g/mol. The molecule has 2 nitrogen and oxygen atoms in total. The molecular formula is C3H2N2S. The first-order chi connectivity index (χ1) is 2.89. The number of rotatable bonds is 0.